The van der Waals surface area contributed by atoms with E-state index in [2.05, 4.69) is 5.32 Å². The number of ether oxygens (including phenoxy) is 3. The van der Waals surface area contributed by atoms with Gasteiger partial charge in [-0.15, -0.1) is 0 Å². The molecule has 23 heavy (non-hydrogen) atoms. The topological polar surface area (TPSA) is 39.7 Å². The van der Waals surface area contributed by atoms with Crippen molar-refractivity contribution in [1.82, 2.24) is 5.32 Å². The maximum Gasteiger partial charge on any atom is 0.165 e. The lowest BCUT2D eigenvalue weighted by atomic mass is 10.1. The van der Waals surface area contributed by atoms with Crippen molar-refractivity contribution in [3.05, 3.63) is 53.3 Å². The molecular formula is C18H20FNO3. The second kappa shape index (κ2) is 6.87. The molecule has 1 aliphatic rings. The van der Waals surface area contributed by atoms with Gasteiger partial charge in [0.1, 0.15) is 13.2 Å². The zero-order valence-electron chi connectivity index (χ0n) is 13.3. The zero-order valence-corrected chi connectivity index (χ0v) is 13.3. The molecule has 1 heterocycles. The van der Waals surface area contributed by atoms with Crippen molar-refractivity contribution in [3.63, 3.8) is 0 Å². The molecule has 0 amide bonds. The van der Waals surface area contributed by atoms with E-state index < -0.39 is 0 Å². The van der Waals surface area contributed by atoms with Gasteiger partial charge in [0.2, 0.25) is 0 Å². The number of nitrogens with one attached hydrogen (secondary N) is 1. The van der Waals surface area contributed by atoms with Gasteiger partial charge in [-0.3, -0.25) is 0 Å². The molecule has 0 saturated heterocycles. The summed E-state index contributed by atoms with van der Waals surface area (Å²) in [4.78, 5) is 0. The number of fused-ring (bicyclic) bond motifs is 1. The molecule has 0 aromatic heterocycles. The average molecular weight is 317 g/mol. The molecule has 2 aromatic rings. The average Bonchev–Trinajstić information content (AvgIpc) is 2.59. The number of methoxy groups -OCH3 is 1. The quantitative estimate of drug-likeness (QED) is 0.917. The largest absolute Gasteiger partial charge is 0.494 e. The monoisotopic (exact) mass is 317 g/mol. The third-order valence-electron chi connectivity index (χ3n) is 3.92. The number of rotatable bonds is 5. The number of hydrogen-bond donors (Lipinski definition) is 1. The van der Waals surface area contributed by atoms with Gasteiger partial charge in [0.25, 0.3) is 0 Å². The van der Waals surface area contributed by atoms with Crippen LogP contribution in [0.5, 0.6) is 17.2 Å². The van der Waals surface area contributed by atoms with Crippen LogP contribution in [0.3, 0.4) is 0 Å². The van der Waals surface area contributed by atoms with Gasteiger partial charge >= 0.3 is 0 Å². The minimum absolute atomic E-state index is 0.00392. The van der Waals surface area contributed by atoms with E-state index in [4.69, 9.17) is 14.2 Å². The fourth-order valence-electron chi connectivity index (χ4n) is 2.61. The summed E-state index contributed by atoms with van der Waals surface area (Å²) in [5.74, 6) is 1.47. The summed E-state index contributed by atoms with van der Waals surface area (Å²) in [5.41, 5.74) is 1.90. The van der Waals surface area contributed by atoms with Crippen molar-refractivity contribution in [3.8, 4) is 17.2 Å². The second-order valence-corrected chi connectivity index (χ2v) is 5.44. The van der Waals surface area contributed by atoms with E-state index in [-0.39, 0.29) is 17.6 Å². The standard InChI is InChI=1S/C18H20FNO3/c1-12(13-6-7-16(21-2)15(19)10-13)20-11-14-4-3-5-17-18(14)23-9-8-22-17/h3-7,10,12,20H,8-9,11H2,1-2H3. The first-order valence-corrected chi connectivity index (χ1v) is 7.63. The van der Waals surface area contributed by atoms with Gasteiger partial charge in [0.05, 0.1) is 7.11 Å². The zero-order chi connectivity index (χ0) is 16.2. The summed E-state index contributed by atoms with van der Waals surface area (Å²) in [6, 6.07) is 10.8. The SMILES string of the molecule is COc1ccc(C(C)NCc2cccc3c2OCCO3)cc1F. The van der Waals surface area contributed by atoms with E-state index >= 15 is 0 Å². The van der Waals surface area contributed by atoms with Gasteiger partial charge in [-0.1, -0.05) is 18.2 Å². The highest BCUT2D eigenvalue weighted by molar-refractivity contribution is 5.47. The third kappa shape index (κ3) is 3.40. The predicted molar refractivity (Wildman–Crippen MR) is 85.6 cm³/mol. The van der Waals surface area contributed by atoms with E-state index in [1.807, 2.05) is 31.2 Å². The fraction of sp³-hybridized carbons (Fsp3) is 0.333. The lowest BCUT2D eigenvalue weighted by molar-refractivity contribution is 0.169. The van der Waals surface area contributed by atoms with Crippen LogP contribution in [0.15, 0.2) is 36.4 Å². The van der Waals surface area contributed by atoms with Crippen molar-refractivity contribution in [2.75, 3.05) is 20.3 Å². The summed E-state index contributed by atoms with van der Waals surface area (Å²) >= 11 is 0. The maximum absolute atomic E-state index is 13.8. The molecular weight excluding hydrogens is 297 g/mol. The molecule has 1 aliphatic heterocycles. The summed E-state index contributed by atoms with van der Waals surface area (Å²) in [5, 5.41) is 3.39. The first kappa shape index (κ1) is 15.6. The Hall–Kier alpha value is -2.27. The Balaban J connectivity index is 1.70. The van der Waals surface area contributed by atoms with Crippen molar-refractivity contribution in [1.29, 1.82) is 0 Å². The van der Waals surface area contributed by atoms with Crippen LogP contribution in [0, 0.1) is 5.82 Å². The molecule has 5 heteroatoms. The van der Waals surface area contributed by atoms with Crippen molar-refractivity contribution in [2.45, 2.75) is 19.5 Å². The van der Waals surface area contributed by atoms with Gasteiger partial charge in [-0.25, -0.2) is 4.39 Å². The normalized spacial score (nSPS) is 14.4. The number of halogens is 1. The molecule has 3 rings (SSSR count). The van der Waals surface area contributed by atoms with Crippen LogP contribution >= 0.6 is 0 Å². The van der Waals surface area contributed by atoms with Crippen LogP contribution < -0.4 is 19.5 Å². The Bertz CT molecular complexity index is 690. The van der Waals surface area contributed by atoms with E-state index in [0.29, 0.717) is 19.8 Å². The van der Waals surface area contributed by atoms with Crippen LogP contribution in [0.4, 0.5) is 4.39 Å². The Morgan fingerprint density at radius 3 is 2.83 bits per heavy atom. The lowest BCUT2D eigenvalue weighted by Crippen LogP contribution is -2.21. The minimum atomic E-state index is -0.354. The Morgan fingerprint density at radius 1 is 1.22 bits per heavy atom. The smallest absolute Gasteiger partial charge is 0.165 e. The minimum Gasteiger partial charge on any atom is -0.494 e. The van der Waals surface area contributed by atoms with Crippen molar-refractivity contribution >= 4 is 0 Å². The van der Waals surface area contributed by atoms with Gasteiger partial charge in [-0.05, 0) is 30.7 Å². The number of benzene rings is 2. The highest BCUT2D eigenvalue weighted by Gasteiger charge is 2.16. The second-order valence-electron chi connectivity index (χ2n) is 5.44. The van der Waals surface area contributed by atoms with Gasteiger partial charge < -0.3 is 19.5 Å². The predicted octanol–water partition coefficient (Wildman–Crippen LogP) is 3.46. The molecule has 0 spiro atoms. The van der Waals surface area contributed by atoms with E-state index in [1.54, 1.807) is 6.07 Å². The van der Waals surface area contributed by atoms with Crippen molar-refractivity contribution in [2.24, 2.45) is 0 Å². The fourth-order valence-corrected chi connectivity index (χ4v) is 2.61. The summed E-state index contributed by atoms with van der Waals surface area (Å²) in [7, 11) is 1.46. The maximum atomic E-state index is 13.8. The Morgan fingerprint density at radius 2 is 2.04 bits per heavy atom. The van der Waals surface area contributed by atoms with Crippen LogP contribution in [0.2, 0.25) is 0 Å². The molecule has 4 nitrogen and oxygen atoms in total. The van der Waals surface area contributed by atoms with Gasteiger partial charge in [-0.2, -0.15) is 0 Å². The first-order chi connectivity index (χ1) is 11.2. The van der Waals surface area contributed by atoms with Crippen LogP contribution in [0.1, 0.15) is 24.1 Å². The molecule has 0 aliphatic carbocycles. The molecule has 0 saturated carbocycles. The van der Waals surface area contributed by atoms with Crippen molar-refractivity contribution < 1.29 is 18.6 Å². The molecule has 1 unspecified atom stereocenters. The molecule has 1 N–H and O–H groups in total. The Labute approximate surface area is 135 Å². The molecule has 0 bridgehead atoms. The first-order valence-electron chi connectivity index (χ1n) is 7.63. The van der Waals surface area contributed by atoms with Gasteiger partial charge in [0.15, 0.2) is 23.1 Å². The lowest BCUT2D eigenvalue weighted by Gasteiger charge is -2.22. The summed E-state index contributed by atoms with van der Waals surface area (Å²) < 4.78 is 30.0. The molecule has 0 radical (unpaired) electrons. The van der Waals surface area contributed by atoms with E-state index in [1.165, 1.54) is 13.2 Å². The molecule has 2 aromatic carbocycles. The summed E-state index contributed by atoms with van der Waals surface area (Å²) in [6.07, 6.45) is 0. The van der Waals surface area contributed by atoms with E-state index in [0.717, 1.165) is 22.6 Å². The number of hydrogen-bond acceptors (Lipinski definition) is 4. The molecule has 0 fully saturated rings. The third-order valence-corrected chi connectivity index (χ3v) is 3.92. The Kier molecular flexibility index (Phi) is 4.67. The highest BCUT2D eigenvalue weighted by Crippen LogP contribution is 2.33. The van der Waals surface area contributed by atoms with Crippen LogP contribution in [-0.2, 0) is 6.54 Å². The summed E-state index contributed by atoms with van der Waals surface area (Å²) in [6.45, 7) is 3.74. The van der Waals surface area contributed by atoms with Crippen LogP contribution in [0.25, 0.3) is 0 Å². The van der Waals surface area contributed by atoms with E-state index in [9.17, 15) is 4.39 Å². The van der Waals surface area contributed by atoms with Gasteiger partial charge in [0, 0.05) is 18.2 Å². The number of para-hydroxylation sites is 1. The molecule has 122 valence electrons. The highest BCUT2D eigenvalue weighted by atomic mass is 19.1. The molecule has 1 atom stereocenters. The van der Waals surface area contributed by atoms with Crippen LogP contribution in [-0.4, -0.2) is 20.3 Å².